The van der Waals surface area contributed by atoms with Gasteiger partial charge in [-0.3, -0.25) is 4.79 Å². The van der Waals surface area contributed by atoms with Crippen molar-refractivity contribution < 1.29 is 9.53 Å². The van der Waals surface area contributed by atoms with Gasteiger partial charge in [-0.05, 0) is 23.7 Å². The van der Waals surface area contributed by atoms with Crippen LogP contribution >= 0.6 is 11.6 Å². The SMILES string of the molecule is COc1nc(C(=O)Cl)ccc1C#N. The van der Waals surface area contributed by atoms with Crippen molar-refractivity contribution >= 4 is 16.8 Å². The van der Waals surface area contributed by atoms with Crippen LogP contribution in [0, 0.1) is 11.3 Å². The number of carbonyl (C=O) groups excluding carboxylic acids is 1. The standard InChI is InChI=1S/C8H5ClN2O2/c1-13-8-5(4-10)2-3-6(11-8)7(9)12/h2-3H,1H3. The summed E-state index contributed by atoms with van der Waals surface area (Å²) in [6, 6.07) is 4.67. The average Bonchev–Trinajstić information content (AvgIpc) is 2.16. The molecule has 4 nitrogen and oxygen atoms in total. The van der Waals surface area contributed by atoms with Crippen molar-refractivity contribution in [1.82, 2.24) is 4.98 Å². The highest BCUT2D eigenvalue weighted by Crippen LogP contribution is 2.15. The van der Waals surface area contributed by atoms with E-state index < -0.39 is 5.24 Å². The molecule has 66 valence electrons. The Morgan fingerprint density at radius 3 is 2.85 bits per heavy atom. The number of rotatable bonds is 2. The zero-order chi connectivity index (χ0) is 9.84. The molecule has 1 aromatic heterocycles. The molecule has 1 heterocycles. The Labute approximate surface area is 79.7 Å². The highest BCUT2D eigenvalue weighted by Gasteiger charge is 2.09. The minimum absolute atomic E-state index is 0.0671. The molecule has 0 N–H and O–H groups in total. The van der Waals surface area contributed by atoms with Gasteiger partial charge in [0.15, 0.2) is 0 Å². The first-order valence-corrected chi connectivity index (χ1v) is 3.71. The normalized spacial score (nSPS) is 9.00. The van der Waals surface area contributed by atoms with Gasteiger partial charge < -0.3 is 4.74 Å². The first kappa shape index (κ1) is 9.49. The van der Waals surface area contributed by atoms with Crippen LogP contribution in [-0.4, -0.2) is 17.3 Å². The predicted molar refractivity (Wildman–Crippen MR) is 45.7 cm³/mol. The highest BCUT2D eigenvalue weighted by atomic mass is 35.5. The van der Waals surface area contributed by atoms with Gasteiger partial charge in [-0.2, -0.15) is 5.26 Å². The van der Waals surface area contributed by atoms with Crippen LogP contribution in [0.5, 0.6) is 5.88 Å². The Bertz CT molecular complexity index is 384. The van der Waals surface area contributed by atoms with E-state index in [-0.39, 0.29) is 17.1 Å². The highest BCUT2D eigenvalue weighted by molar-refractivity contribution is 6.67. The third kappa shape index (κ3) is 1.95. The Balaban J connectivity index is 3.23. The summed E-state index contributed by atoms with van der Waals surface area (Å²) in [6.45, 7) is 0. The van der Waals surface area contributed by atoms with Gasteiger partial charge in [-0.15, -0.1) is 0 Å². The Morgan fingerprint density at radius 2 is 2.38 bits per heavy atom. The fraction of sp³-hybridized carbons (Fsp3) is 0.125. The average molecular weight is 197 g/mol. The Hall–Kier alpha value is -1.60. The molecule has 1 rings (SSSR count). The molecule has 0 saturated heterocycles. The van der Waals surface area contributed by atoms with Gasteiger partial charge in [-0.1, -0.05) is 0 Å². The van der Waals surface area contributed by atoms with Crippen LogP contribution in [0.4, 0.5) is 0 Å². The van der Waals surface area contributed by atoms with Crippen LogP contribution in [0.3, 0.4) is 0 Å². The van der Waals surface area contributed by atoms with Crippen LogP contribution in [0.25, 0.3) is 0 Å². The van der Waals surface area contributed by atoms with Gasteiger partial charge in [-0.25, -0.2) is 4.98 Å². The lowest BCUT2D eigenvalue weighted by Gasteiger charge is -2.01. The summed E-state index contributed by atoms with van der Waals surface area (Å²) in [4.78, 5) is 14.4. The largest absolute Gasteiger partial charge is 0.480 e. The maximum atomic E-state index is 10.7. The minimum Gasteiger partial charge on any atom is -0.480 e. The van der Waals surface area contributed by atoms with Crippen molar-refractivity contribution in [1.29, 1.82) is 5.26 Å². The molecule has 0 atom stereocenters. The molecule has 0 aliphatic heterocycles. The van der Waals surface area contributed by atoms with Crippen molar-refractivity contribution in [2.45, 2.75) is 0 Å². The second-order valence-electron chi connectivity index (χ2n) is 2.14. The fourth-order valence-corrected chi connectivity index (χ4v) is 0.896. The molecular formula is C8H5ClN2O2. The van der Waals surface area contributed by atoms with Gasteiger partial charge in [0.05, 0.1) is 7.11 Å². The predicted octanol–water partition coefficient (Wildman–Crippen LogP) is 1.34. The summed E-state index contributed by atoms with van der Waals surface area (Å²) >= 11 is 5.19. The summed E-state index contributed by atoms with van der Waals surface area (Å²) in [7, 11) is 1.37. The number of carbonyl (C=O) groups is 1. The zero-order valence-corrected chi connectivity index (χ0v) is 7.50. The molecule has 0 saturated carbocycles. The third-order valence-electron chi connectivity index (χ3n) is 1.38. The Kier molecular flexibility index (Phi) is 2.83. The smallest absolute Gasteiger partial charge is 0.270 e. The second kappa shape index (κ2) is 3.87. The van der Waals surface area contributed by atoms with Crippen LogP contribution in [0.1, 0.15) is 16.1 Å². The van der Waals surface area contributed by atoms with Crippen LogP contribution in [0.15, 0.2) is 12.1 Å². The Morgan fingerprint density at radius 1 is 1.69 bits per heavy atom. The number of halogens is 1. The maximum Gasteiger partial charge on any atom is 0.270 e. The van der Waals surface area contributed by atoms with Gasteiger partial charge in [0.2, 0.25) is 5.88 Å². The summed E-state index contributed by atoms with van der Waals surface area (Å²) in [5.74, 6) is 0.106. The zero-order valence-electron chi connectivity index (χ0n) is 6.74. The molecule has 0 radical (unpaired) electrons. The van der Waals surface area contributed by atoms with Crippen molar-refractivity contribution in [3.05, 3.63) is 23.4 Å². The number of nitrogens with zero attached hydrogens (tertiary/aromatic N) is 2. The lowest BCUT2D eigenvalue weighted by molar-refractivity contribution is 0.107. The maximum absolute atomic E-state index is 10.7. The molecule has 13 heavy (non-hydrogen) atoms. The topological polar surface area (TPSA) is 63.0 Å². The van der Waals surface area contributed by atoms with Crippen molar-refractivity contribution in [3.63, 3.8) is 0 Å². The first-order chi connectivity index (χ1) is 6.19. The van der Waals surface area contributed by atoms with E-state index in [0.717, 1.165) is 0 Å². The van der Waals surface area contributed by atoms with Gasteiger partial charge >= 0.3 is 0 Å². The number of nitriles is 1. The number of methoxy groups -OCH3 is 1. The van der Waals surface area contributed by atoms with Crippen molar-refractivity contribution in [2.75, 3.05) is 7.11 Å². The van der Waals surface area contributed by atoms with Crippen molar-refractivity contribution in [3.8, 4) is 11.9 Å². The molecule has 0 bridgehead atoms. The number of hydrogen-bond donors (Lipinski definition) is 0. The number of pyridine rings is 1. The molecule has 1 aromatic rings. The van der Waals surface area contributed by atoms with E-state index >= 15 is 0 Å². The van der Waals surface area contributed by atoms with Gasteiger partial charge in [0.25, 0.3) is 5.24 Å². The molecular weight excluding hydrogens is 192 g/mol. The molecule has 5 heteroatoms. The van der Waals surface area contributed by atoms with Crippen LogP contribution in [0.2, 0.25) is 0 Å². The van der Waals surface area contributed by atoms with E-state index in [1.165, 1.54) is 19.2 Å². The quantitative estimate of drug-likeness (QED) is 0.670. The lowest BCUT2D eigenvalue weighted by Crippen LogP contribution is -1.98. The van der Waals surface area contributed by atoms with E-state index in [4.69, 9.17) is 21.6 Å². The molecule has 0 aliphatic carbocycles. The van der Waals surface area contributed by atoms with E-state index in [1.54, 1.807) is 0 Å². The van der Waals surface area contributed by atoms with E-state index in [2.05, 4.69) is 4.98 Å². The molecule has 0 unspecified atom stereocenters. The molecule has 0 amide bonds. The second-order valence-corrected chi connectivity index (χ2v) is 2.48. The number of hydrogen-bond acceptors (Lipinski definition) is 4. The van der Waals surface area contributed by atoms with E-state index in [9.17, 15) is 4.79 Å². The van der Waals surface area contributed by atoms with Crippen LogP contribution < -0.4 is 4.74 Å². The summed E-state index contributed by atoms with van der Waals surface area (Å²) in [5.41, 5.74) is 0.335. The third-order valence-corrected chi connectivity index (χ3v) is 1.57. The van der Waals surface area contributed by atoms with E-state index in [0.29, 0.717) is 0 Å². The molecule has 0 fully saturated rings. The summed E-state index contributed by atoms with van der Waals surface area (Å²) in [5, 5.41) is 7.91. The first-order valence-electron chi connectivity index (χ1n) is 3.34. The van der Waals surface area contributed by atoms with Gasteiger partial charge in [0, 0.05) is 0 Å². The monoisotopic (exact) mass is 196 g/mol. The molecule has 0 aliphatic rings. The van der Waals surface area contributed by atoms with Crippen LogP contribution in [-0.2, 0) is 0 Å². The minimum atomic E-state index is -0.678. The number of aromatic nitrogens is 1. The number of ether oxygens (including phenoxy) is 1. The lowest BCUT2D eigenvalue weighted by atomic mass is 10.2. The molecule has 0 spiro atoms. The van der Waals surface area contributed by atoms with Gasteiger partial charge in [0.1, 0.15) is 17.3 Å². The van der Waals surface area contributed by atoms with Crippen molar-refractivity contribution in [2.24, 2.45) is 0 Å². The molecule has 0 aromatic carbocycles. The summed E-state index contributed by atoms with van der Waals surface area (Å²) in [6.07, 6.45) is 0. The fourth-order valence-electron chi connectivity index (χ4n) is 0.791. The summed E-state index contributed by atoms with van der Waals surface area (Å²) < 4.78 is 4.78. The van der Waals surface area contributed by atoms with E-state index in [1.807, 2.05) is 6.07 Å².